The minimum atomic E-state index is -0.158. The van der Waals surface area contributed by atoms with Crippen LogP contribution >= 0.6 is 0 Å². The van der Waals surface area contributed by atoms with E-state index in [1.54, 1.807) is 0 Å². The van der Waals surface area contributed by atoms with E-state index in [0.717, 1.165) is 17.9 Å². The van der Waals surface area contributed by atoms with Gasteiger partial charge in [-0.25, -0.2) is 0 Å². The van der Waals surface area contributed by atoms with E-state index in [2.05, 4.69) is 5.32 Å². The van der Waals surface area contributed by atoms with Crippen LogP contribution < -0.4 is 20.5 Å². The quantitative estimate of drug-likeness (QED) is 0.829. The molecule has 2 unspecified atom stereocenters. The Morgan fingerprint density at radius 2 is 2.21 bits per heavy atom. The highest BCUT2D eigenvalue weighted by Gasteiger charge is 2.22. The minimum absolute atomic E-state index is 0.0209. The number of ether oxygens (including phenoxy) is 2. The largest absolute Gasteiger partial charge is 0.486 e. The van der Waals surface area contributed by atoms with Crippen LogP contribution in [0.2, 0.25) is 0 Å². The Hall–Kier alpha value is -1.75. The van der Waals surface area contributed by atoms with Gasteiger partial charge >= 0.3 is 0 Å². The first-order valence-corrected chi connectivity index (χ1v) is 6.60. The summed E-state index contributed by atoms with van der Waals surface area (Å²) in [5, 5.41) is 2.86. The molecule has 0 aliphatic carbocycles. The Morgan fingerprint density at radius 1 is 1.47 bits per heavy atom. The highest BCUT2D eigenvalue weighted by atomic mass is 16.6. The van der Waals surface area contributed by atoms with Crippen LogP contribution in [-0.4, -0.2) is 31.7 Å². The number of benzene rings is 1. The van der Waals surface area contributed by atoms with Crippen LogP contribution in [-0.2, 0) is 4.79 Å². The van der Waals surface area contributed by atoms with Gasteiger partial charge in [0, 0.05) is 12.5 Å². The fourth-order valence-electron chi connectivity index (χ4n) is 1.98. The van der Waals surface area contributed by atoms with Crippen LogP contribution in [0.4, 0.5) is 0 Å². The van der Waals surface area contributed by atoms with E-state index in [-0.39, 0.29) is 17.9 Å². The Labute approximate surface area is 113 Å². The highest BCUT2D eigenvalue weighted by Crippen LogP contribution is 2.30. The molecule has 1 aliphatic heterocycles. The molecule has 3 N–H and O–H groups in total. The van der Waals surface area contributed by atoms with Gasteiger partial charge < -0.3 is 20.5 Å². The second kappa shape index (κ2) is 6.43. The number of fused-ring (bicyclic) bond motifs is 1. The second-order valence-corrected chi connectivity index (χ2v) is 4.58. The molecule has 1 aromatic rings. The molecule has 0 spiro atoms. The summed E-state index contributed by atoms with van der Waals surface area (Å²) >= 11 is 0. The lowest BCUT2D eigenvalue weighted by Gasteiger charge is -2.27. The van der Waals surface area contributed by atoms with Crippen molar-refractivity contribution in [3.8, 4) is 11.5 Å². The van der Waals surface area contributed by atoms with Crippen molar-refractivity contribution < 1.29 is 14.3 Å². The molecule has 0 bridgehead atoms. The van der Waals surface area contributed by atoms with Gasteiger partial charge in [-0.1, -0.05) is 19.1 Å². The predicted octanol–water partition coefficient (Wildman–Crippen LogP) is 0.928. The number of amides is 1. The van der Waals surface area contributed by atoms with Crippen molar-refractivity contribution in [3.63, 3.8) is 0 Å². The third-order valence-electron chi connectivity index (χ3n) is 3.22. The first kappa shape index (κ1) is 13.7. The molecule has 1 heterocycles. The summed E-state index contributed by atoms with van der Waals surface area (Å²) in [5.41, 5.74) is 5.54. The van der Waals surface area contributed by atoms with Gasteiger partial charge in [-0.05, 0) is 18.6 Å². The molecule has 2 atom stereocenters. The molecule has 1 amide bonds. The summed E-state index contributed by atoms with van der Waals surface area (Å²) < 4.78 is 11.3. The average Bonchev–Trinajstić information content (AvgIpc) is 2.46. The summed E-state index contributed by atoms with van der Waals surface area (Å²) in [4.78, 5) is 11.8. The van der Waals surface area contributed by atoms with Crippen LogP contribution in [0.25, 0.3) is 0 Å². The lowest BCUT2D eigenvalue weighted by molar-refractivity contribution is -0.125. The van der Waals surface area contributed by atoms with Crippen molar-refractivity contribution in [1.29, 1.82) is 0 Å². The van der Waals surface area contributed by atoms with Crippen LogP contribution in [0.5, 0.6) is 11.5 Å². The molecule has 0 saturated carbocycles. The number of hydrogen-bond acceptors (Lipinski definition) is 4. The zero-order chi connectivity index (χ0) is 13.7. The number of nitrogens with two attached hydrogens (primary N) is 1. The Morgan fingerprint density at radius 3 is 2.89 bits per heavy atom. The molecule has 1 aromatic carbocycles. The monoisotopic (exact) mass is 264 g/mol. The van der Waals surface area contributed by atoms with E-state index in [9.17, 15) is 4.79 Å². The fraction of sp³-hybridized carbons (Fsp3) is 0.500. The van der Waals surface area contributed by atoms with Gasteiger partial charge in [-0.2, -0.15) is 0 Å². The van der Waals surface area contributed by atoms with Crippen molar-refractivity contribution in [2.75, 3.05) is 19.7 Å². The summed E-state index contributed by atoms with van der Waals surface area (Å²) in [6.45, 7) is 3.20. The molecule has 104 valence electrons. The lowest BCUT2D eigenvalue weighted by Crippen LogP contribution is -2.43. The van der Waals surface area contributed by atoms with Crippen molar-refractivity contribution in [3.05, 3.63) is 24.3 Å². The van der Waals surface area contributed by atoms with Crippen LogP contribution in [0, 0.1) is 5.92 Å². The molecule has 0 fully saturated rings. The van der Waals surface area contributed by atoms with E-state index in [4.69, 9.17) is 15.2 Å². The maximum absolute atomic E-state index is 11.8. The number of nitrogens with one attached hydrogen (secondary N) is 1. The molecular weight excluding hydrogens is 244 g/mol. The van der Waals surface area contributed by atoms with Gasteiger partial charge in [0.2, 0.25) is 5.91 Å². The smallest absolute Gasteiger partial charge is 0.224 e. The van der Waals surface area contributed by atoms with Crippen molar-refractivity contribution in [2.45, 2.75) is 19.4 Å². The number of carbonyl (C=O) groups excluding carboxylic acids is 1. The van der Waals surface area contributed by atoms with E-state index >= 15 is 0 Å². The fourth-order valence-corrected chi connectivity index (χ4v) is 1.98. The van der Waals surface area contributed by atoms with Gasteiger partial charge in [0.1, 0.15) is 12.7 Å². The average molecular weight is 264 g/mol. The van der Waals surface area contributed by atoms with E-state index < -0.39 is 0 Å². The van der Waals surface area contributed by atoms with E-state index in [1.165, 1.54) is 0 Å². The second-order valence-electron chi connectivity index (χ2n) is 4.58. The molecule has 0 aromatic heterocycles. The first-order valence-electron chi connectivity index (χ1n) is 6.60. The van der Waals surface area contributed by atoms with Crippen LogP contribution in [0.15, 0.2) is 24.3 Å². The number of rotatable bonds is 5. The zero-order valence-electron chi connectivity index (χ0n) is 11.1. The summed E-state index contributed by atoms with van der Waals surface area (Å²) in [5.74, 6) is 1.32. The van der Waals surface area contributed by atoms with Crippen molar-refractivity contribution >= 4 is 5.91 Å². The number of hydrogen-bond donors (Lipinski definition) is 2. The lowest BCUT2D eigenvalue weighted by atomic mass is 10.1. The molecule has 2 rings (SSSR count). The third kappa shape index (κ3) is 3.38. The third-order valence-corrected chi connectivity index (χ3v) is 3.22. The number of para-hydroxylation sites is 2. The number of carbonyl (C=O) groups is 1. The van der Waals surface area contributed by atoms with Gasteiger partial charge in [0.05, 0.1) is 6.54 Å². The molecule has 19 heavy (non-hydrogen) atoms. The standard InChI is InChI=1S/C14H20N2O3/c1-2-10(7-15)14(17)16-8-11-9-18-12-5-3-4-6-13(12)19-11/h3-6,10-11H,2,7-9,15H2,1H3,(H,16,17). The van der Waals surface area contributed by atoms with E-state index in [0.29, 0.717) is 19.7 Å². The van der Waals surface area contributed by atoms with Gasteiger partial charge in [-0.3, -0.25) is 4.79 Å². The Balaban J connectivity index is 1.84. The summed E-state index contributed by atoms with van der Waals surface area (Å²) in [7, 11) is 0. The van der Waals surface area contributed by atoms with Gasteiger partial charge in [-0.15, -0.1) is 0 Å². The molecule has 0 radical (unpaired) electrons. The van der Waals surface area contributed by atoms with E-state index in [1.807, 2.05) is 31.2 Å². The van der Waals surface area contributed by atoms with Gasteiger partial charge in [0.25, 0.3) is 0 Å². The molecule has 5 heteroatoms. The predicted molar refractivity (Wildman–Crippen MR) is 72.2 cm³/mol. The summed E-state index contributed by atoms with van der Waals surface area (Å²) in [6.07, 6.45) is 0.585. The molecule has 1 aliphatic rings. The van der Waals surface area contributed by atoms with Crippen LogP contribution in [0.3, 0.4) is 0 Å². The SMILES string of the molecule is CCC(CN)C(=O)NCC1COc2ccccc2O1. The molecule has 0 saturated heterocycles. The Bertz CT molecular complexity index is 432. The first-order chi connectivity index (χ1) is 9.24. The van der Waals surface area contributed by atoms with Crippen molar-refractivity contribution in [2.24, 2.45) is 11.7 Å². The molecular formula is C14H20N2O3. The Kier molecular flexibility index (Phi) is 4.63. The van der Waals surface area contributed by atoms with Crippen LogP contribution in [0.1, 0.15) is 13.3 Å². The van der Waals surface area contributed by atoms with Crippen molar-refractivity contribution in [1.82, 2.24) is 5.32 Å². The topological polar surface area (TPSA) is 73.6 Å². The zero-order valence-corrected chi connectivity index (χ0v) is 11.1. The maximum Gasteiger partial charge on any atom is 0.224 e. The van der Waals surface area contributed by atoms with Gasteiger partial charge in [0.15, 0.2) is 11.5 Å². The summed E-state index contributed by atoms with van der Waals surface area (Å²) in [6, 6.07) is 7.52. The minimum Gasteiger partial charge on any atom is -0.486 e. The molecule has 5 nitrogen and oxygen atoms in total. The normalized spacial score (nSPS) is 18.7. The maximum atomic E-state index is 11.8. The highest BCUT2D eigenvalue weighted by molar-refractivity contribution is 5.78.